The molecule has 1 saturated heterocycles. The zero-order chi connectivity index (χ0) is 14.0. The first-order valence-corrected chi connectivity index (χ1v) is 6.96. The molecule has 1 aliphatic heterocycles. The largest absolute Gasteiger partial charge is 0.388 e. The van der Waals surface area contributed by atoms with Gasteiger partial charge in [0.1, 0.15) is 5.15 Å². The van der Waals surface area contributed by atoms with Crippen LogP contribution in [-0.2, 0) is 18.3 Å². The van der Waals surface area contributed by atoms with Gasteiger partial charge >= 0.3 is 0 Å². The van der Waals surface area contributed by atoms with Crippen molar-refractivity contribution in [2.75, 3.05) is 26.8 Å². The normalized spacial score (nSPS) is 19.1. The van der Waals surface area contributed by atoms with Gasteiger partial charge in [-0.25, -0.2) is 0 Å². The summed E-state index contributed by atoms with van der Waals surface area (Å²) in [6, 6.07) is 0. The molecular weight excluding hydrogens is 266 g/mol. The zero-order valence-electron chi connectivity index (χ0n) is 11.8. The van der Waals surface area contributed by atoms with Crippen molar-refractivity contribution in [3.63, 3.8) is 0 Å². The number of hydrogen-bond acceptors (Lipinski definition) is 4. The minimum atomic E-state index is -0.643. The topological polar surface area (TPSA) is 50.5 Å². The number of halogens is 1. The van der Waals surface area contributed by atoms with Gasteiger partial charge in [0.15, 0.2) is 0 Å². The maximum Gasteiger partial charge on any atom is 0.131 e. The lowest BCUT2D eigenvalue weighted by molar-refractivity contribution is -0.0777. The third-order valence-electron chi connectivity index (χ3n) is 3.69. The molecule has 2 heterocycles. The molecule has 19 heavy (non-hydrogen) atoms. The first-order chi connectivity index (χ1) is 8.91. The fraction of sp³-hybridized carbons (Fsp3) is 0.769. The number of nitrogens with zero attached hydrogens (tertiary/aromatic N) is 3. The molecule has 1 N–H and O–H groups in total. The van der Waals surface area contributed by atoms with Gasteiger partial charge in [-0.15, -0.1) is 0 Å². The van der Waals surface area contributed by atoms with E-state index < -0.39 is 5.60 Å². The van der Waals surface area contributed by atoms with E-state index >= 15 is 0 Å². The van der Waals surface area contributed by atoms with Crippen LogP contribution in [0.25, 0.3) is 0 Å². The van der Waals surface area contributed by atoms with Gasteiger partial charge in [0.2, 0.25) is 0 Å². The molecule has 1 aliphatic rings. The molecule has 0 aromatic carbocycles. The van der Waals surface area contributed by atoms with Crippen LogP contribution in [0.3, 0.4) is 0 Å². The van der Waals surface area contributed by atoms with Crippen LogP contribution in [0.5, 0.6) is 0 Å². The van der Waals surface area contributed by atoms with Crippen LogP contribution in [0.15, 0.2) is 0 Å². The molecule has 0 unspecified atom stereocenters. The molecule has 0 saturated carbocycles. The second kappa shape index (κ2) is 5.79. The lowest BCUT2D eigenvalue weighted by atomic mass is 9.94. The van der Waals surface area contributed by atoms with Crippen molar-refractivity contribution in [1.29, 1.82) is 0 Å². The summed E-state index contributed by atoms with van der Waals surface area (Å²) < 4.78 is 6.98. The van der Waals surface area contributed by atoms with Gasteiger partial charge < -0.3 is 9.84 Å². The maximum atomic E-state index is 10.5. The van der Waals surface area contributed by atoms with Gasteiger partial charge in [-0.2, -0.15) is 5.10 Å². The molecule has 1 aromatic rings. The average molecular weight is 288 g/mol. The minimum Gasteiger partial charge on any atom is -0.388 e. The first-order valence-electron chi connectivity index (χ1n) is 6.58. The Morgan fingerprint density at radius 3 is 2.63 bits per heavy atom. The minimum absolute atomic E-state index is 0.626. The third-order valence-corrected chi connectivity index (χ3v) is 4.16. The van der Waals surface area contributed by atoms with Crippen LogP contribution in [0.4, 0.5) is 0 Å². The number of aliphatic hydroxyl groups is 1. The Hall–Kier alpha value is -0.620. The highest BCUT2D eigenvalue weighted by molar-refractivity contribution is 6.30. The molecule has 1 aromatic heterocycles. The lowest BCUT2D eigenvalue weighted by Gasteiger charge is -2.35. The van der Waals surface area contributed by atoms with E-state index in [0.717, 1.165) is 11.3 Å². The summed E-state index contributed by atoms with van der Waals surface area (Å²) >= 11 is 6.23. The molecule has 1 fully saturated rings. The highest BCUT2D eigenvalue weighted by Crippen LogP contribution is 2.24. The molecule has 0 aliphatic carbocycles. The van der Waals surface area contributed by atoms with E-state index in [1.807, 2.05) is 21.0 Å². The first kappa shape index (κ1) is 14.8. The van der Waals surface area contributed by atoms with Crippen LogP contribution in [0, 0.1) is 6.92 Å². The van der Waals surface area contributed by atoms with E-state index in [0.29, 0.717) is 44.3 Å². The highest BCUT2D eigenvalue weighted by Gasteiger charge is 2.31. The number of aromatic nitrogens is 2. The molecule has 0 amide bonds. The van der Waals surface area contributed by atoms with E-state index in [9.17, 15) is 5.11 Å². The summed E-state index contributed by atoms with van der Waals surface area (Å²) in [6.45, 7) is 4.55. The van der Waals surface area contributed by atoms with Crippen molar-refractivity contribution in [1.82, 2.24) is 14.7 Å². The Kier molecular flexibility index (Phi) is 4.50. The molecule has 6 heteroatoms. The van der Waals surface area contributed by atoms with Crippen LogP contribution < -0.4 is 0 Å². The second-order valence-corrected chi connectivity index (χ2v) is 5.85. The Morgan fingerprint density at radius 1 is 1.47 bits per heavy atom. The fourth-order valence-corrected chi connectivity index (χ4v) is 2.83. The number of rotatable bonds is 4. The predicted molar refractivity (Wildman–Crippen MR) is 74.3 cm³/mol. The number of likely N-dealkylation sites (N-methyl/N-ethyl adjacent to an activating group) is 1. The molecule has 5 nitrogen and oxygen atoms in total. The van der Waals surface area contributed by atoms with Gasteiger partial charge in [-0.1, -0.05) is 11.6 Å². The van der Waals surface area contributed by atoms with Crippen molar-refractivity contribution < 1.29 is 9.84 Å². The van der Waals surface area contributed by atoms with E-state index in [1.54, 1.807) is 4.68 Å². The summed E-state index contributed by atoms with van der Waals surface area (Å²) in [5.41, 5.74) is 1.33. The fourth-order valence-electron chi connectivity index (χ4n) is 2.59. The van der Waals surface area contributed by atoms with Crippen LogP contribution in [0.1, 0.15) is 24.1 Å². The van der Waals surface area contributed by atoms with E-state index in [4.69, 9.17) is 16.3 Å². The summed E-state index contributed by atoms with van der Waals surface area (Å²) in [6.07, 6.45) is 1.38. The van der Waals surface area contributed by atoms with Crippen molar-refractivity contribution in [2.24, 2.45) is 7.05 Å². The van der Waals surface area contributed by atoms with Gasteiger partial charge in [0.25, 0.3) is 0 Å². The summed E-state index contributed by atoms with van der Waals surface area (Å²) in [4.78, 5) is 2.10. The van der Waals surface area contributed by atoms with Gasteiger partial charge in [-0.05, 0) is 14.0 Å². The van der Waals surface area contributed by atoms with Crippen molar-refractivity contribution >= 4 is 11.6 Å². The summed E-state index contributed by atoms with van der Waals surface area (Å²) in [5.74, 6) is 0. The smallest absolute Gasteiger partial charge is 0.131 e. The monoisotopic (exact) mass is 287 g/mol. The molecule has 0 bridgehead atoms. The number of aryl methyl sites for hydroxylation is 2. The van der Waals surface area contributed by atoms with Crippen LogP contribution >= 0.6 is 11.6 Å². The third kappa shape index (κ3) is 3.48. The highest BCUT2D eigenvalue weighted by atomic mass is 35.5. The Morgan fingerprint density at radius 2 is 2.11 bits per heavy atom. The van der Waals surface area contributed by atoms with Crippen LogP contribution in [-0.4, -0.2) is 52.2 Å². The van der Waals surface area contributed by atoms with Gasteiger partial charge in [-0.3, -0.25) is 9.58 Å². The van der Waals surface area contributed by atoms with Gasteiger partial charge in [0, 0.05) is 51.8 Å². The second-order valence-electron chi connectivity index (χ2n) is 5.49. The van der Waals surface area contributed by atoms with Crippen molar-refractivity contribution in [3.8, 4) is 0 Å². The average Bonchev–Trinajstić information content (AvgIpc) is 2.56. The van der Waals surface area contributed by atoms with Gasteiger partial charge in [0.05, 0.1) is 11.3 Å². The lowest BCUT2D eigenvalue weighted by Crippen LogP contribution is -2.45. The zero-order valence-corrected chi connectivity index (χ0v) is 12.6. The van der Waals surface area contributed by atoms with E-state index in [1.165, 1.54) is 0 Å². The van der Waals surface area contributed by atoms with Crippen molar-refractivity contribution in [2.45, 2.75) is 31.9 Å². The molecular formula is C13H22ClN3O2. The Balaban J connectivity index is 1.99. The molecule has 0 spiro atoms. The van der Waals surface area contributed by atoms with Crippen LogP contribution in [0.2, 0.25) is 5.15 Å². The Labute approximate surface area is 119 Å². The SMILES string of the molecule is Cc1nn(C)c(Cl)c1CN(C)CC1(O)CCOCC1. The number of hydrogen-bond donors (Lipinski definition) is 1. The predicted octanol–water partition coefficient (Wildman–Crippen LogP) is 1.36. The summed E-state index contributed by atoms with van der Waals surface area (Å²) in [5, 5.41) is 15.5. The molecule has 0 radical (unpaired) electrons. The van der Waals surface area contributed by atoms with E-state index in [-0.39, 0.29) is 0 Å². The number of ether oxygens (including phenoxy) is 1. The molecule has 108 valence electrons. The molecule has 0 atom stereocenters. The Bertz CT molecular complexity index is 441. The quantitative estimate of drug-likeness (QED) is 0.908. The van der Waals surface area contributed by atoms with Crippen molar-refractivity contribution in [3.05, 3.63) is 16.4 Å². The maximum absolute atomic E-state index is 10.5. The van der Waals surface area contributed by atoms with E-state index in [2.05, 4.69) is 10.00 Å². The standard InChI is InChI=1S/C13H22ClN3O2/c1-10-11(12(14)17(3)15-10)8-16(2)9-13(18)4-6-19-7-5-13/h18H,4-9H2,1-3H3. The summed E-state index contributed by atoms with van der Waals surface area (Å²) in [7, 11) is 3.83. The molecule has 2 rings (SSSR count).